The molecule has 3 heterocycles. The Balaban J connectivity index is 1.39. The first-order valence-electron chi connectivity index (χ1n) is 11.0. The monoisotopic (exact) mass is 436 g/mol. The zero-order valence-corrected chi connectivity index (χ0v) is 18.2. The van der Waals surface area contributed by atoms with Crippen LogP contribution in [0.15, 0.2) is 102 Å². The van der Waals surface area contributed by atoms with E-state index in [0.29, 0.717) is 26.2 Å². The van der Waals surface area contributed by atoms with Gasteiger partial charge in [-0.2, -0.15) is 10.2 Å². The van der Waals surface area contributed by atoms with Gasteiger partial charge in [-0.25, -0.2) is 9.20 Å². The molecule has 0 aliphatic heterocycles. The van der Waals surface area contributed by atoms with Crippen LogP contribution in [-0.2, 0) is 17.9 Å². The fourth-order valence-corrected chi connectivity index (χ4v) is 3.87. The van der Waals surface area contributed by atoms with Crippen molar-refractivity contribution in [3.63, 3.8) is 0 Å². The average molecular weight is 437 g/mol. The molecule has 0 unspecified atom stereocenters. The number of benzene rings is 2. The Morgan fingerprint density at radius 3 is 2.36 bits per heavy atom. The van der Waals surface area contributed by atoms with Gasteiger partial charge in [0.15, 0.2) is 0 Å². The average Bonchev–Trinajstić information content (AvgIpc) is 3.26. The molecule has 0 saturated carbocycles. The third-order valence-corrected chi connectivity index (χ3v) is 5.48. The summed E-state index contributed by atoms with van der Waals surface area (Å²) in [5.41, 5.74) is 5.43. The van der Waals surface area contributed by atoms with Crippen LogP contribution in [0.3, 0.4) is 0 Å². The van der Waals surface area contributed by atoms with Crippen LogP contribution in [0.2, 0.25) is 0 Å². The Kier molecular flexibility index (Phi) is 6.08. The van der Waals surface area contributed by atoms with Crippen molar-refractivity contribution >= 4 is 5.52 Å². The van der Waals surface area contributed by atoms with Gasteiger partial charge in [-0.15, -0.1) is 0 Å². The molecule has 0 amide bonds. The van der Waals surface area contributed by atoms with Gasteiger partial charge in [0.05, 0.1) is 23.4 Å². The van der Waals surface area contributed by atoms with E-state index in [1.165, 1.54) is 4.68 Å². The van der Waals surface area contributed by atoms with Gasteiger partial charge in [0.2, 0.25) is 0 Å². The Bertz CT molecular complexity index is 1410. The van der Waals surface area contributed by atoms with E-state index in [0.717, 1.165) is 33.6 Å². The highest BCUT2D eigenvalue weighted by Gasteiger charge is 2.18. The minimum atomic E-state index is -0.125. The van der Waals surface area contributed by atoms with Gasteiger partial charge in [-0.1, -0.05) is 66.7 Å². The van der Waals surface area contributed by atoms with E-state index in [1.807, 2.05) is 89.6 Å². The van der Waals surface area contributed by atoms with Crippen LogP contribution in [-0.4, -0.2) is 26.0 Å². The summed E-state index contributed by atoms with van der Waals surface area (Å²) < 4.78 is 9.13. The van der Waals surface area contributed by atoms with Crippen molar-refractivity contribution in [2.24, 2.45) is 0 Å². The smallest absolute Gasteiger partial charge is 0.266 e. The van der Waals surface area contributed by atoms with Gasteiger partial charge in [-0.05, 0) is 30.2 Å². The summed E-state index contributed by atoms with van der Waals surface area (Å²) in [5, 5.41) is 9.50. The fraction of sp³-hybridized carbons (Fsp3) is 0.148. The Labute approximate surface area is 191 Å². The first-order chi connectivity index (χ1) is 16.3. The standard InChI is InChI=1S/C27H24N4O2/c32-25-16-15-23(28-31(25)18-9-19-33-20-21-10-3-1-4-11-21)26-24-14-7-8-17-30(24)29-27(26)22-12-5-2-6-13-22/h1-8,10-17H,9,18-20H2. The lowest BCUT2D eigenvalue weighted by Gasteiger charge is -2.09. The SMILES string of the molecule is O=c1ccc(-c2c(-c3ccccc3)nn3ccccc23)nn1CCCOCc1ccccc1. The third-order valence-electron chi connectivity index (χ3n) is 5.48. The number of rotatable bonds is 8. The molecule has 5 rings (SSSR count). The largest absolute Gasteiger partial charge is 0.377 e. The molecule has 6 heteroatoms. The van der Waals surface area contributed by atoms with Crippen LogP contribution in [0.4, 0.5) is 0 Å². The van der Waals surface area contributed by atoms with Crippen molar-refractivity contribution < 1.29 is 4.74 Å². The molecule has 0 fully saturated rings. The van der Waals surface area contributed by atoms with Crippen LogP contribution in [0.1, 0.15) is 12.0 Å². The van der Waals surface area contributed by atoms with E-state index in [-0.39, 0.29) is 5.56 Å². The molecule has 0 N–H and O–H groups in total. The second kappa shape index (κ2) is 9.63. The molecule has 0 spiro atoms. The zero-order valence-electron chi connectivity index (χ0n) is 18.2. The predicted molar refractivity (Wildman–Crippen MR) is 129 cm³/mol. The molecule has 33 heavy (non-hydrogen) atoms. The summed E-state index contributed by atoms with van der Waals surface area (Å²) >= 11 is 0. The molecule has 0 aliphatic rings. The molecular weight excluding hydrogens is 412 g/mol. The van der Waals surface area contributed by atoms with E-state index in [1.54, 1.807) is 12.1 Å². The van der Waals surface area contributed by atoms with Gasteiger partial charge in [-0.3, -0.25) is 4.79 Å². The minimum Gasteiger partial charge on any atom is -0.377 e. The summed E-state index contributed by atoms with van der Waals surface area (Å²) in [6.07, 6.45) is 2.62. The molecular formula is C27H24N4O2. The number of fused-ring (bicyclic) bond motifs is 1. The minimum absolute atomic E-state index is 0.125. The first-order valence-corrected chi connectivity index (χ1v) is 11.0. The summed E-state index contributed by atoms with van der Waals surface area (Å²) in [7, 11) is 0. The van der Waals surface area contributed by atoms with E-state index >= 15 is 0 Å². The second-order valence-corrected chi connectivity index (χ2v) is 7.79. The molecule has 0 aliphatic carbocycles. The summed E-state index contributed by atoms with van der Waals surface area (Å²) in [6.45, 7) is 1.60. The van der Waals surface area contributed by atoms with E-state index < -0.39 is 0 Å². The normalized spacial score (nSPS) is 11.2. The highest BCUT2D eigenvalue weighted by molar-refractivity contribution is 5.90. The fourth-order valence-electron chi connectivity index (χ4n) is 3.87. The number of aryl methyl sites for hydroxylation is 1. The Morgan fingerprint density at radius 2 is 1.55 bits per heavy atom. The van der Waals surface area contributed by atoms with Crippen LogP contribution in [0.5, 0.6) is 0 Å². The maximum atomic E-state index is 12.5. The van der Waals surface area contributed by atoms with Gasteiger partial charge < -0.3 is 4.74 Å². The van der Waals surface area contributed by atoms with Gasteiger partial charge in [0, 0.05) is 31.0 Å². The first kappa shape index (κ1) is 20.8. The molecule has 2 aromatic carbocycles. The van der Waals surface area contributed by atoms with Crippen molar-refractivity contribution in [3.05, 3.63) is 113 Å². The maximum absolute atomic E-state index is 12.5. The highest BCUT2D eigenvalue weighted by Crippen LogP contribution is 2.33. The highest BCUT2D eigenvalue weighted by atomic mass is 16.5. The second-order valence-electron chi connectivity index (χ2n) is 7.79. The van der Waals surface area contributed by atoms with Crippen LogP contribution < -0.4 is 5.56 Å². The number of pyridine rings is 1. The van der Waals surface area contributed by atoms with Gasteiger partial charge in [0.1, 0.15) is 5.69 Å². The quantitative estimate of drug-likeness (QED) is 0.327. The number of nitrogens with zero attached hydrogens (tertiary/aromatic N) is 4. The van der Waals surface area contributed by atoms with Crippen LogP contribution in [0.25, 0.3) is 28.0 Å². The van der Waals surface area contributed by atoms with Crippen molar-refractivity contribution in [2.45, 2.75) is 19.6 Å². The van der Waals surface area contributed by atoms with E-state index in [2.05, 4.69) is 0 Å². The Morgan fingerprint density at radius 1 is 0.788 bits per heavy atom. The van der Waals surface area contributed by atoms with Crippen molar-refractivity contribution in [2.75, 3.05) is 6.61 Å². The Hall–Kier alpha value is -4.03. The van der Waals surface area contributed by atoms with E-state index in [9.17, 15) is 4.79 Å². The lowest BCUT2D eigenvalue weighted by atomic mass is 10.0. The molecule has 3 aromatic heterocycles. The van der Waals surface area contributed by atoms with Crippen molar-refractivity contribution in [1.82, 2.24) is 19.4 Å². The van der Waals surface area contributed by atoms with Gasteiger partial charge in [0.25, 0.3) is 5.56 Å². The maximum Gasteiger partial charge on any atom is 0.266 e. The molecule has 0 atom stereocenters. The number of aromatic nitrogens is 4. The summed E-state index contributed by atoms with van der Waals surface area (Å²) in [6, 6.07) is 29.4. The topological polar surface area (TPSA) is 61.4 Å². The van der Waals surface area contributed by atoms with Crippen molar-refractivity contribution in [1.29, 1.82) is 0 Å². The zero-order chi connectivity index (χ0) is 22.5. The van der Waals surface area contributed by atoms with Crippen LogP contribution in [0, 0.1) is 0 Å². The molecule has 0 bridgehead atoms. The number of hydrogen-bond acceptors (Lipinski definition) is 4. The molecule has 6 nitrogen and oxygen atoms in total. The third kappa shape index (κ3) is 4.61. The lowest BCUT2D eigenvalue weighted by Crippen LogP contribution is -2.23. The predicted octanol–water partition coefficient (Wildman–Crippen LogP) is 4.83. The van der Waals surface area contributed by atoms with Crippen LogP contribution >= 0.6 is 0 Å². The van der Waals surface area contributed by atoms with E-state index in [4.69, 9.17) is 14.9 Å². The number of hydrogen-bond donors (Lipinski definition) is 0. The number of ether oxygens (including phenoxy) is 1. The van der Waals surface area contributed by atoms with Gasteiger partial charge >= 0.3 is 0 Å². The van der Waals surface area contributed by atoms with Crippen molar-refractivity contribution in [3.8, 4) is 22.5 Å². The molecule has 164 valence electrons. The summed E-state index contributed by atoms with van der Waals surface area (Å²) in [5.74, 6) is 0. The molecule has 0 radical (unpaired) electrons. The molecule has 0 saturated heterocycles. The summed E-state index contributed by atoms with van der Waals surface area (Å²) in [4.78, 5) is 12.5. The molecule has 5 aromatic rings. The lowest BCUT2D eigenvalue weighted by molar-refractivity contribution is 0.114.